The van der Waals surface area contributed by atoms with Crippen LogP contribution in [0.2, 0.25) is 0 Å². The number of rotatable bonds is 2. The maximum absolute atomic E-state index is 5.25. The van der Waals surface area contributed by atoms with E-state index in [9.17, 15) is 0 Å². The molecule has 0 radical (unpaired) electrons. The summed E-state index contributed by atoms with van der Waals surface area (Å²) in [6.45, 7) is 4.26. The van der Waals surface area contributed by atoms with E-state index in [0.29, 0.717) is 0 Å². The Morgan fingerprint density at radius 3 is 2.44 bits per heavy atom. The molecule has 0 saturated carbocycles. The van der Waals surface area contributed by atoms with Crippen molar-refractivity contribution in [3.05, 3.63) is 0 Å². The molecule has 0 aromatic heterocycles. The van der Waals surface area contributed by atoms with E-state index in [-0.39, 0.29) is 5.60 Å². The van der Waals surface area contributed by atoms with Gasteiger partial charge in [-0.15, -0.1) is 0 Å². The average molecular weight is 147 g/mol. The highest BCUT2D eigenvalue weighted by atomic mass is 32.2. The molecule has 1 aliphatic heterocycles. The van der Waals surface area contributed by atoms with Gasteiger partial charge in [0.2, 0.25) is 0 Å². The highest BCUT2D eigenvalue weighted by Gasteiger charge is 2.38. The molecular weight excluding hydrogens is 134 g/mol. The Balaban J connectivity index is 2.24. The monoisotopic (exact) mass is 147 g/mol. The summed E-state index contributed by atoms with van der Waals surface area (Å²) >= 11 is 1.78. The third-order valence-electron chi connectivity index (χ3n) is 1.77. The summed E-state index contributed by atoms with van der Waals surface area (Å²) < 4.78 is 7.53. The average Bonchev–Trinajstić information content (AvgIpc) is 1.81. The van der Waals surface area contributed by atoms with Crippen LogP contribution in [0.5, 0.6) is 0 Å². The predicted molar refractivity (Wildman–Crippen MR) is 40.5 cm³/mol. The fourth-order valence-electron chi connectivity index (χ4n) is 0.958. The van der Waals surface area contributed by atoms with Gasteiger partial charge >= 0.3 is 0 Å². The molecule has 2 nitrogen and oxygen atoms in total. The minimum atomic E-state index is 0.142. The number of hydrogen-bond donors (Lipinski definition) is 0. The lowest BCUT2D eigenvalue weighted by Crippen LogP contribution is -2.57. The van der Waals surface area contributed by atoms with Gasteiger partial charge in [0, 0.05) is 20.2 Å². The Morgan fingerprint density at radius 2 is 2.11 bits per heavy atom. The minimum absolute atomic E-state index is 0.142. The first-order valence-electron chi connectivity index (χ1n) is 3.04. The van der Waals surface area contributed by atoms with Crippen molar-refractivity contribution in [2.24, 2.45) is 0 Å². The SMILES string of the molecule is COC1(C)CN(SC)C1. The van der Waals surface area contributed by atoms with Crippen LogP contribution in [-0.4, -0.2) is 36.4 Å². The van der Waals surface area contributed by atoms with Gasteiger partial charge in [-0.25, -0.2) is 4.31 Å². The van der Waals surface area contributed by atoms with Crippen molar-refractivity contribution in [1.82, 2.24) is 4.31 Å². The fourth-order valence-corrected chi connectivity index (χ4v) is 1.76. The lowest BCUT2D eigenvalue weighted by atomic mass is 10.0. The Bertz CT molecular complexity index is 101. The maximum atomic E-state index is 5.25. The van der Waals surface area contributed by atoms with Crippen molar-refractivity contribution in [2.45, 2.75) is 12.5 Å². The fraction of sp³-hybridized carbons (Fsp3) is 1.00. The summed E-state index contributed by atoms with van der Waals surface area (Å²) in [5.74, 6) is 0. The molecule has 1 heterocycles. The first-order valence-corrected chi connectivity index (χ1v) is 4.22. The molecule has 0 N–H and O–H groups in total. The predicted octanol–water partition coefficient (Wildman–Crippen LogP) is 0.985. The van der Waals surface area contributed by atoms with Crippen LogP contribution in [0.1, 0.15) is 6.92 Å². The van der Waals surface area contributed by atoms with Gasteiger partial charge in [-0.05, 0) is 13.2 Å². The van der Waals surface area contributed by atoms with Crippen molar-refractivity contribution < 1.29 is 4.74 Å². The summed E-state index contributed by atoms with van der Waals surface area (Å²) in [7, 11) is 1.78. The Hall–Kier alpha value is 0.270. The summed E-state index contributed by atoms with van der Waals surface area (Å²) in [5.41, 5.74) is 0.142. The number of methoxy groups -OCH3 is 1. The Morgan fingerprint density at radius 1 is 1.56 bits per heavy atom. The van der Waals surface area contributed by atoms with Gasteiger partial charge in [-0.3, -0.25) is 0 Å². The lowest BCUT2D eigenvalue weighted by molar-refractivity contribution is -0.0729. The van der Waals surface area contributed by atoms with Crippen molar-refractivity contribution in [3.63, 3.8) is 0 Å². The zero-order valence-electron chi connectivity index (χ0n) is 6.18. The standard InChI is InChI=1S/C6H13NOS/c1-6(8-2)4-7(5-6)9-3/h4-5H2,1-3H3. The molecular formula is C6H13NOS. The van der Waals surface area contributed by atoms with E-state index in [0.717, 1.165) is 13.1 Å². The third kappa shape index (κ3) is 1.39. The van der Waals surface area contributed by atoms with Gasteiger partial charge in [0.1, 0.15) is 0 Å². The van der Waals surface area contributed by atoms with Gasteiger partial charge < -0.3 is 4.74 Å². The third-order valence-corrected chi connectivity index (χ3v) is 2.55. The van der Waals surface area contributed by atoms with Crippen LogP contribution in [0.3, 0.4) is 0 Å². The lowest BCUT2D eigenvalue weighted by Gasteiger charge is -2.45. The second-order valence-electron chi connectivity index (χ2n) is 2.63. The number of ether oxygens (including phenoxy) is 1. The molecule has 0 atom stereocenters. The first kappa shape index (κ1) is 7.38. The van der Waals surface area contributed by atoms with Crippen LogP contribution in [0.25, 0.3) is 0 Å². The highest BCUT2D eigenvalue weighted by molar-refractivity contribution is 7.96. The number of nitrogens with zero attached hydrogens (tertiary/aromatic N) is 1. The minimum Gasteiger partial charge on any atom is -0.376 e. The molecule has 1 fully saturated rings. The molecule has 1 rings (SSSR count). The van der Waals surface area contributed by atoms with Crippen molar-refractivity contribution in [1.29, 1.82) is 0 Å². The first-order chi connectivity index (χ1) is 4.20. The molecule has 1 saturated heterocycles. The Labute approximate surface area is 60.7 Å². The molecule has 0 aromatic rings. The summed E-state index contributed by atoms with van der Waals surface area (Å²) in [4.78, 5) is 0. The van der Waals surface area contributed by atoms with Gasteiger partial charge in [0.25, 0.3) is 0 Å². The zero-order valence-corrected chi connectivity index (χ0v) is 6.99. The van der Waals surface area contributed by atoms with E-state index < -0.39 is 0 Å². The normalized spacial score (nSPS) is 25.7. The van der Waals surface area contributed by atoms with E-state index in [4.69, 9.17) is 4.74 Å². The summed E-state index contributed by atoms with van der Waals surface area (Å²) in [6.07, 6.45) is 2.09. The summed E-state index contributed by atoms with van der Waals surface area (Å²) in [5, 5.41) is 0. The van der Waals surface area contributed by atoms with Crippen molar-refractivity contribution in [3.8, 4) is 0 Å². The van der Waals surface area contributed by atoms with Gasteiger partial charge in [-0.2, -0.15) is 0 Å². The van der Waals surface area contributed by atoms with E-state index in [1.54, 1.807) is 19.1 Å². The molecule has 0 bridgehead atoms. The molecule has 0 amide bonds. The van der Waals surface area contributed by atoms with Crippen LogP contribution in [0, 0.1) is 0 Å². The van der Waals surface area contributed by atoms with Gasteiger partial charge in [-0.1, -0.05) is 11.9 Å². The van der Waals surface area contributed by atoms with Gasteiger partial charge in [0.05, 0.1) is 5.60 Å². The van der Waals surface area contributed by atoms with Crippen molar-refractivity contribution >= 4 is 11.9 Å². The molecule has 9 heavy (non-hydrogen) atoms. The smallest absolute Gasteiger partial charge is 0.0921 e. The molecule has 54 valence electrons. The molecule has 0 aliphatic carbocycles. The van der Waals surface area contributed by atoms with E-state index >= 15 is 0 Å². The van der Waals surface area contributed by atoms with Gasteiger partial charge in [0.15, 0.2) is 0 Å². The Kier molecular flexibility index (Phi) is 2.03. The van der Waals surface area contributed by atoms with E-state index in [1.165, 1.54) is 0 Å². The summed E-state index contributed by atoms with van der Waals surface area (Å²) in [6, 6.07) is 0. The molecule has 1 aliphatic rings. The van der Waals surface area contributed by atoms with E-state index in [1.807, 2.05) is 0 Å². The van der Waals surface area contributed by atoms with Crippen LogP contribution in [0.15, 0.2) is 0 Å². The second-order valence-corrected chi connectivity index (χ2v) is 3.52. The molecule has 0 unspecified atom stereocenters. The van der Waals surface area contributed by atoms with Crippen LogP contribution >= 0.6 is 11.9 Å². The maximum Gasteiger partial charge on any atom is 0.0921 e. The topological polar surface area (TPSA) is 12.5 Å². The number of hydrogen-bond acceptors (Lipinski definition) is 3. The van der Waals surface area contributed by atoms with Crippen LogP contribution < -0.4 is 0 Å². The zero-order chi connectivity index (χ0) is 6.91. The quantitative estimate of drug-likeness (QED) is 0.540. The van der Waals surface area contributed by atoms with Crippen molar-refractivity contribution in [2.75, 3.05) is 26.5 Å². The highest BCUT2D eigenvalue weighted by Crippen LogP contribution is 2.28. The molecule has 0 spiro atoms. The molecule has 3 heteroatoms. The molecule has 0 aromatic carbocycles. The van der Waals surface area contributed by atoms with Crippen LogP contribution in [0.4, 0.5) is 0 Å². The second kappa shape index (κ2) is 2.48. The largest absolute Gasteiger partial charge is 0.376 e. The van der Waals surface area contributed by atoms with Crippen LogP contribution in [-0.2, 0) is 4.74 Å². The van der Waals surface area contributed by atoms with E-state index in [2.05, 4.69) is 17.5 Å².